The Bertz CT molecular complexity index is 1740. The molecule has 9 heteroatoms. The molecule has 0 spiro atoms. The van der Waals surface area contributed by atoms with Crippen LogP contribution in [-0.2, 0) is 4.74 Å². The molecule has 1 N–H and O–H groups in total. The molecule has 0 amide bonds. The molecule has 9 nitrogen and oxygen atoms in total. The van der Waals surface area contributed by atoms with Gasteiger partial charge in [0.2, 0.25) is 0 Å². The van der Waals surface area contributed by atoms with Gasteiger partial charge in [-0.1, -0.05) is 36.4 Å². The number of phenolic OH excluding ortho intramolecular Hbond substituents is 1. The summed E-state index contributed by atoms with van der Waals surface area (Å²) in [4.78, 5) is 27.2. The van der Waals surface area contributed by atoms with Crippen molar-refractivity contribution in [1.82, 2.24) is 9.78 Å². The molecule has 0 radical (unpaired) electrons. The van der Waals surface area contributed by atoms with Crippen molar-refractivity contribution >= 4 is 32.9 Å². The first-order chi connectivity index (χ1) is 18.0. The van der Waals surface area contributed by atoms with Gasteiger partial charge in [0.1, 0.15) is 11.4 Å². The van der Waals surface area contributed by atoms with Crippen LogP contribution in [0.4, 0.5) is 11.4 Å². The second kappa shape index (κ2) is 9.03. The highest BCUT2D eigenvalue weighted by Gasteiger charge is 2.23. The van der Waals surface area contributed by atoms with Crippen LogP contribution in [0.1, 0.15) is 0 Å². The number of anilines is 1. The molecule has 6 rings (SSSR count). The van der Waals surface area contributed by atoms with Crippen LogP contribution in [0.25, 0.3) is 38.5 Å². The number of nitro groups is 1. The van der Waals surface area contributed by atoms with E-state index < -0.39 is 10.5 Å². The number of phenols is 1. The van der Waals surface area contributed by atoms with Crippen LogP contribution in [0.5, 0.6) is 5.75 Å². The topological polar surface area (TPSA) is 111 Å². The van der Waals surface area contributed by atoms with Crippen molar-refractivity contribution in [3.8, 4) is 22.7 Å². The number of ether oxygens (including phenoxy) is 1. The zero-order chi connectivity index (χ0) is 25.5. The van der Waals surface area contributed by atoms with Gasteiger partial charge in [-0.25, -0.2) is 0 Å². The fraction of sp³-hybridized carbons (Fsp3) is 0.143. The number of rotatable bonds is 4. The van der Waals surface area contributed by atoms with E-state index in [-0.39, 0.29) is 17.1 Å². The third kappa shape index (κ3) is 4.05. The molecular weight excluding hydrogens is 472 g/mol. The lowest BCUT2D eigenvalue weighted by Gasteiger charge is -2.29. The Hall–Kier alpha value is -4.76. The molecule has 1 aliphatic rings. The van der Waals surface area contributed by atoms with Crippen LogP contribution in [0, 0.1) is 10.1 Å². The van der Waals surface area contributed by atoms with Gasteiger partial charge in [-0.15, -0.1) is 0 Å². The number of nitrogens with zero attached hydrogens (tertiary/aromatic N) is 4. The number of aromatic hydroxyl groups is 1. The molecule has 1 aliphatic heterocycles. The van der Waals surface area contributed by atoms with E-state index in [1.165, 1.54) is 6.07 Å². The first kappa shape index (κ1) is 22.7. The maximum Gasteiger partial charge on any atom is 0.295 e. The summed E-state index contributed by atoms with van der Waals surface area (Å²) in [5.74, 6) is 0.142. The monoisotopic (exact) mass is 494 g/mol. The van der Waals surface area contributed by atoms with E-state index in [2.05, 4.69) is 4.90 Å². The summed E-state index contributed by atoms with van der Waals surface area (Å²) in [5, 5.41) is 29.4. The summed E-state index contributed by atoms with van der Waals surface area (Å²) in [7, 11) is 0. The minimum absolute atomic E-state index is 0.101. The second-order valence-corrected chi connectivity index (χ2v) is 8.89. The van der Waals surface area contributed by atoms with E-state index in [0.29, 0.717) is 42.8 Å². The Morgan fingerprint density at radius 3 is 2.43 bits per heavy atom. The molecule has 0 atom stereocenters. The van der Waals surface area contributed by atoms with Gasteiger partial charge in [0.05, 0.1) is 29.2 Å². The zero-order valence-corrected chi connectivity index (χ0v) is 19.7. The molecule has 5 aromatic rings. The Morgan fingerprint density at radius 1 is 0.892 bits per heavy atom. The van der Waals surface area contributed by atoms with Gasteiger partial charge in [0.15, 0.2) is 0 Å². The minimum atomic E-state index is -0.500. The number of hydrogen-bond acceptors (Lipinski definition) is 7. The highest BCUT2D eigenvalue weighted by atomic mass is 16.6. The predicted octanol–water partition coefficient (Wildman–Crippen LogP) is 4.66. The van der Waals surface area contributed by atoms with Crippen LogP contribution in [-0.4, -0.2) is 46.1 Å². The highest BCUT2D eigenvalue weighted by molar-refractivity contribution is 5.97. The predicted molar refractivity (Wildman–Crippen MR) is 142 cm³/mol. The fourth-order valence-corrected chi connectivity index (χ4v) is 4.80. The molecule has 37 heavy (non-hydrogen) atoms. The first-order valence-corrected chi connectivity index (χ1v) is 11.9. The van der Waals surface area contributed by atoms with Gasteiger partial charge in [-0.05, 0) is 47.2 Å². The summed E-state index contributed by atoms with van der Waals surface area (Å²) in [6.45, 7) is 2.41. The number of nitro benzene ring substituents is 1. The summed E-state index contributed by atoms with van der Waals surface area (Å²) >= 11 is 0. The average Bonchev–Trinajstić information content (AvgIpc) is 2.93. The number of benzene rings is 4. The molecule has 1 aromatic heterocycles. The number of hydrogen-bond donors (Lipinski definition) is 1. The van der Waals surface area contributed by atoms with Gasteiger partial charge in [0, 0.05) is 35.8 Å². The normalized spacial score (nSPS) is 13.8. The van der Waals surface area contributed by atoms with Gasteiger partial charge in [-0.2, -0.15) is 9.78 Å². The standard InChI is InChI=1S/C28H22N4O5/c33-22-9-7-18-5-6-19(15-20(18)16-22)27-23-3-1-2-4-24(23)28(34)31(29-27)26-17-21(8-10-25(26)32(35)36)30-11-13-37-14-12-30/h1-10,15-17,33H,11-14H2. The minimum Gasteiger partial charge on any atom is -0.508 e. The fourth-order valence-electron chi connectivity index (χ4n) is 4.80. The number of fused-ring (bicyclic) bond motifs is 2. The largest absolute Gasteiger partial charge is 0.508 e. The Balaban J connectivity index is 1.61. The summed E-state index contributed by atoms with van der Waals surface area (Å²) in [6, 6.07) is 22.6. The van der Waals surface area contributed by atoms with E-state index in [1.807, 2.05) is 36.4 Å². The van der Waals surface area contributed by atoms with Crippen molar-refractivity contribution in [2.24, 2.45) is 0 Å². The lowest BCUT2D eigenvalue weighted by Crippen LogP contribution is -2.36. The van der Waals surface area contributed by atoms with Gasteiger partial charge in [0.25, 0.3) is 11.2 Å². The Kier molecular flexibility index (Phi) is 5.54. The van der Waals surface area contributed by atoms with Crippen molar-refractivity contribution in [3.63, 3.8) is 0 Å². The van der Waals surface area contributed by atoms with Crippen molar-refractivity contribution in [1.29, 1.82) is 0 Å². The highest BCUT2D eigenvalue weighted by Crippen LogP contribution is 2.32. The van der Waals surface area contributed by atoms with Crippen LogP contribution < -0.4 is 10.5 Å². The molecule has 0 aliphatic carbocycles. The smallest absolute Gasteiger partial charge is 0.295 e. The molecule has 0 saturated carbocycles. The van der Waals surface area contributed by atoms with E-state index in [1.54, 1.807) is 36.4 Å². The SMILES string of the molecule is O=c1c2ccccc2c(-c2ccc3ccc(O)cc3c2)nn1-c1cc(N2CCOCC2)ccc1[N+](=O)[O-]. The molecule has 1 saturated heterocycles. The van der Waals surface area contributed by atoms with Crippen LogP contribution >= 0.6 is 0 Å². The second-order valence-electron chi connectivity index (χ2n) is 8.89. The Morgan fingerprint density at radius 2 is 1.65 bits per heavy atom. The van der Waals surface area contributed by atoms with Gasteiger partial charge >= 0.3 is 0 Å². The third-order valence-electron chi connectivity index (χ3n) is 6.66. The maximum atomic E-state index is 13.6. The van der Waals surface area contributed by atoms with Crippen molar-refractivity contribution in [2.45, 2.75) is 0 Å². The van der Waals surface area contributed by atoms with Gasteiger partial charge < -0.3 is 14.7 Å². The summed E-state index contributed by atoms with van der Waals surface area (Å²) in [5.41, 5.74) is 1.43. The maximum absolute atomic E-state index is 13.6. The molecular formula is C28H22N4O5. The quantitative estimate of drug-likeness (QED) is 0.286. The molecule has 0 unspecified atom stereocenters. The van der Waals surface area contributed by atoms with Crippen LogP contribution in [0.2, 0.25) is 0 Å². The lowest BCUT2D eigenvalue weighted by molar-refractivity contribution is -0.384. The van der Waals surface area contributed by atoms with Crippen molar-refractivity contribution in [3.05, 3.63) is 99.3 Å². The lowest BCUT2D eigenvalue weighted by atomic mass is 10.0. The molecule has 0 bridgehead atoms. The van der Waals surface area contributed by atoms with E-state index >= 15 is 0 Å². The zero-order valence-electron chi connectivity index (χ0n) is 19.7. The van der Waals surface area contributed by atoms with Crippen LogP contribution in [0.15, 0.2) is 83.7 Å². The van der Waals surface area contributed by atoms with E-state index in [0.717, 1.165) is 26.7 Å². The van der Waals surface area contributed by atoms with Gasteiger partial charge in [-0.3, -0.25) is 14.9 Å². The average molecular weight is 495 g/mol. The first-order valence-electron chi connectivity index (χ1n) is 11.9. The van der Waals surface area contributed by atoms with Crippen molar-refractivity contribution in [2.75, 3.05) is 31.2 Å². The van der Waals surface area contributed by atoms with Crippen molar-refractivity contribution < 1.29 is 14.8 Å². The molecule has 4 aromatic carbocycles. The van der Waals surface area contributed by atoms with E-state index in [4.69, 9.17) is 9.84 Å². The summed E-state index contributed by atoms with van der Waals surface area (Å²) < 4.78 is 6.57. The number of aromatic nitrogens is 2. The molecule has 1 fully saturated rings. The third-order valence-corrected chi connectivity index (χ3v) is 6.66. The molecule has 184 valence electrons. The number of morpholine rings is 1. The van der Waals surface area contributed by atoms with Crippen LogP contribution in [0.3, 0.4) is 0 Å². The summed E-state index contributed by atoms with van der Waals surface area (Å²) in [6.07, 6.45) is 0. The Labute approximate surface area is 210 Å². The molecule has 2 heterocycles. The van der Waals surface area contributed by atoms with E-state index in [9.17, 15) is 20.0 Å².